The lowest BCUT2D eigenvalue weighted by Gasteiger charge is -2.26. The molecule has 1 unspecified atom stereocenters. The van der Waals surface area contributed by atoms with E-state index in [2.05, 4.69) is 15.1 Å². The maximum absolute atomic E-state index is 12.9. The van der Waals surface area contributed by atoms with Crippen LogP contribution in [0.25, 0.3) is 0 Å². The quantitative estimate of drug-likeness (QED) is 0.709. The van der Waals surface area contributed by atoms with E-state index in [-0.39, 0.29) is 29.6 Å². The lowest BCUT2D eigenvalue weighted by Crippen LogP contribution is -2.37. The van der Waals surface area contributed by atoms with Gasteiger partial charge in [0.2, 0.25) is 5.88 Å². The molecule has 9 nitrogen and oxygen atoms in total. The van der Waals surface area contributed by atoms with Gasteiger partial charge in [0, 0.05) is 5.69 Å². The van der Waals surface area contributed by atoms with Gasteiger partial charge < -0.3 is 14.8 Å². The van der Waals surface area contributed by atoms with E-state index in [1.807, 2.05) is 19.9 Å². The molecule has 3 aliphatic rings. The topological polar surface area (TPSA) is 112 Å². The van der Waals surface area contributed by atoms with Gasteiger partial charge in [0.05, 0.1) is 18.8 Å². The number of benzene rings is 1. The van der Waals surface area contributed by atoms with E-state index in [1.165, 1.54) is 27.6 Å². The molecule has 32 heavy (non-hydrogen) atoms. The number of hydrogen-bond acceptors (Lipinski definition) is 6. The highest BCUT2D eigenvalue weighted by molar-refractivity contribution is 7.90. The summed E-state index contributed by atoms with van der Waals surface area (Å²) in [5, 5.41) is 6.90. The number of fused-ring (bicyclic) bond motifs is 4. The van der Waals surface area contributed by atoms with Gasteiger partial charge in [0.1, 0.15) is 12.7 Å². The van der Waals surface area contributed by atoms with E-state index in [9.17, 15) is 13.2 Å². The van der Waals surface area contributed by atoms with Crippen molar-refractivity contribution in [1.82, 2.24) is 14.5 Å². The minimum absolute atomic E-state index is 0.0231. The summed E-state index contributed by atoms with van der Waals surface area (Å²) < 4.78 is 40.7. The first-order chi connectivity index (χ1) is 15.3. The molecule has 1 atom stereocenters. The SMILES string of the molecule is CC(C)OC1COc2c(S(=O)(=O)NC(=O)Nc3cc4c(c5c3CCC5)CCC4)cnn2C1. The van der Waals surface area contributed by atoms with Crippen LogP contribution in [-0.4, -0.2) is 43.0 Å². The average molecular weight is 461 g/mol. The van der Waals surface area contributed by atoms with Crippen LogP contribution in [0.4, 0.5) is 10.5 Å². The van der Waals surface area contributed by atoms with E-state index < -0.39 is 16.1 Å². The number of nitrogens with zero attached hydrogens (tertiary/aromatic N) is 2. The molecule has 0 saturated carbocycles. The van der Waals surface area contributed by atoms with Crippen LogP contribution in [-0.2, 0) is 47.0 Å². The summed E-state index contributed by atoms with van der Waals surface area (Å²) >= 11 is 0. The number of carbonyl (C=O) groups is 1. The number of ether oxygens (including phenoxy) is 2. The van der Waals surface area contributed by atoms with Crippen molar-refractivity contribution in [3.05, 3.63) is 34.5 Å². The van der Waals surface area contributed by atoms with Gasteiger partial charge in [0.25, 0.3) is 10.0 Å². The monoisotopic (exact) mass is 460 g/mol. The standard InChI is InChI=1S/C22H28N4O5S/c1-13(2)31-15-11-26-21(30-12-15)20(10-23-26)32(28,29)25-22(27)24-19-9-14-5-3-6-16(14)17-7-4-8-18(17)19/h9-10,13,15H,3-8,11-12H2,1-2H3,(H2,24,25,27). The first kappa shape index (κ1) is 21.3. The summed E-state index contributed by atoms with van der Waals surface area (Å²) in [4.78, 5) is 12.5. The van der Waals surface area contributed by atoms with Crippen LogP contribution in [0.3, 0.4) is 0 Å². The minimum Gasteiger partial charge on any atom is -0.474 e. The van der Waals surface area contributed by atoms with Gasteiger partial charge in [0.15, 0.2) is 4.90 Å². The Morgan fingerprint density at radius 3 is 2.75 bits per heavy atom. The van der Waals surface area contributed by atoms with Crippen LogP contribution in [0.1, 0.15) is 48.9 Å². The number of aryl methyl sites for hydroxylation is 1. The fourth-order valence-electron chi connectivity index (χ4n) is 5.04. The summed E-state index contributed by atoms with van der Waals surface area (Å²) in [5.41, 5.74) is 5.89. The Balaban J connectivity index is 1.32. The Labute approximate surface area is 187 Å². The normalized spacial score (nSPS) is 19.3. The van der Waals surface area contributed by atoms with Crippen molar-refractivity contribution in [2.45, 2.75) is 76.0 Å². The minimum atomic E-state index is -4.16. The molecular weight excluding hydrogens is 432 g/mol. The highest BCUT2D eigenvalue weighted by atomic mass is 32.2. The highest BCUT2D eigenvalue weighted by Gasteiger charge is 2.32. The molecule has 0 spiro atoms. The number of urea groups is 1. The molecule has 1 aromatic carbocycles. The third-order valence-corrected chi connectivity index (χ3v) is 7.57. The molecule has 2 amide bonds. The Morgan fingerprint density at radius 1 is 1.19 bits per heavy atom. The zero-order chi connectivity index (χ0) is 22.5. The van der Waals surface area contributed by atoms with Crippen molar-refractivity contribution < 1.29 is 22.7 Å². The number of aromatic nitrogens is 2. The smallest absolute Gasteiger partial charge is 0.333 e. The van der Waals surface area contributed by atoms with Crippen LogP contribution in [0.2, 0.25) is 0 Å². The summed E-state index contributed by atoms with van der Waals surface area (Å²) in [6.45, 7) is 4.46. The molecule has 0 radical (unpaired) electrons. The Bertz CT molecular complexity index is 1170. The molecule has 10 heteroatoms. The van der Waals surface area contributed by atoms with Crippen LogP contribution >= 0.6 is 0 Å². The number of sulfonamides is 1. The number of rotatable bonds is 5. The fourth-order valence-corrected chi connectivity index (χ4v) is 6.03. The van der Waals surface area contributed by atoms with Crippen molar-refractivity contribution in [2.24, 2.45) is 0 Å². The van der Waals surface area contributed by atoms with Crippen molar-refractivity contribution in [2.75, 3.05) is 11.9 Å². The second-order valence-electron chi connectivity index (χ2n) is 8.90. The molecule has 172 valence electrons. The van der Waals surface area contributed by atoms with E-state index in [0.717, 1.165) is 44.1 Å². The molecule has 2 aliphatic carbocycles. The van der Waals surface area contributed by atoms with E-state index in [4.69, 9.17) is 9.47 Å². The van der Waals surface area contributed by atoms with Gasteiger partial charge >= 0.3 is 6.03 Å². The number of anilines is 1. The predicted octanol–water partition coefficient (Wildman–Crippen LogP) is 2.56. The van der Waals surface area contributed by atoms with Crippen LogP contribution in [0.5, 0.6) is 5.88 Å². The second kappa shape index (κ2) is 8.08. The molecule has 0 bridgehead atoms. The number of carbonyl (C=O) groups excluding carboxylic acids is 1. The Kier molecular flexibility index (Phi) is 5.37. The lowest BCUT2D eigenvalue weighted by atomic mass is 9.98. The average Bonchev–Trinajstić information content (AvgIpc) is 3.45. The van der Waals surface area contributed by atoms with Gasteiger partial charge in [-0.15, -0.1) is 0 Å². The predicted molar refractivity (Wildman–Crippen MR) is 118 cm³/mol. The first-order valence-electron chi connectivity index (χ1n) is 11.2. The summed E-state index contributed by atoms with van der Waals surface area (Å²) in [6, 6.07) is 1.23. The summed E-state index contributed by atoms with van der Waals surface area (Å²) in [5.74, 6) is 0.118. The van der Waals surface area contributed by atoms with Gasteiger partial charge in [-0.1, -0.05) is 0 Å². The first-order valence-corrected chi connectivity index (χ1v) is 12.6. The maximum atomic E-state index is 12.9. The Morgan fingerprint density at radius 2 is 1.94 bits per heavy atom. The maximum Gasteiger partial charge on any atom is 0.333 e. The Hall–Kier alpha value is -2.59. The van der Waals surface area contributed by atoms with E-state index in [1.54, 1.807) is 0 Å². The van der Waals surface area contributed by atoms with Crippen molar-refractivity contribution in [3.63, 3.8) is 0 Å². The van der Waals surface area contributed by atoms with Crippen LogP contribution < -0.4 is 14.8 Å². The molecule has 2 N–H and O–H groups in total. The summed E-state index contributed by atoms with van der Waals surface area (Å²) in [7, 11) is -4.16. The zero-order valence-electron chi connectivity index (χ0n) is 18.3. The third-order valence-electron chi connectivity index (χ3n) is 6.26. The van der Waals surface area contributed by atoms with E-state index in [0.29, 0.717) is 12.2 Å². The van der Waals surface area contributed by atoms with Crippen molar-refractivity contribution in [3.8, 4) is 5.88 Å². The molecule has 2 heterocycles. The zero-order valence-corrected chi connectivity index (χ0v) is 19.1. The molecule has 2 aromatic rings. The third kappa shape index (κ3) is 3.86. The fraction of sp³-hybridized carbons (Fsp3) is 0.545. The van der Waals surface area contributed by atoms with Gasteiger partial charge in [-0.05, 0) is 80.7 Å². The second-order valence-corrected chi connectivity index (χ2v) is 10.6. The number of hydrogen-bond donors (Lipinski definition) is 2. The molecule has 1 aliphatic heterocycles. The van der Waals surface area contributed by atoms with Gasteiger partial charge in [-0.3, -0.25) is 0 Å². The summed E-state index contributed by atoms with van der Waals surface area (Å²) in [6.07, 6.45) is 7.21. The number of amides is 2. The van der Waals surface area contributed by atoms with Gasteiger partial charge in [-0.25, -0.2) is 22.6 Å². The molecule has 5 rings (SSSR count). The van der Waals surface area contributed by atoms with E-state index >= 15 is 0 Å². The van der Waals surface area contributed by atoms with Gasteiger partial charge in [-0.2, -0.15) is 5.10 Å². The van der Waals surface area contributed by atoms with Crippen molar-refractivity contribution >= 4 is 21.7 Å². The molecule has 0 saturated heterocycles. The van der Waals surface area contributed by atoms with Crippen LogP contribution in [0, 0.1) is 0 Å². The molecule has 1 aromatic heterocycles. The molecule has 0 fully saturated rings. The van der Waals surface area contributed by atoms with Crippen LogP contribution in [0.15, 0.2) is 17.2 Å². The largest absolute Gasteiger partial charge is 0.474 e. The number of nitrogens with one attached hydrogen (secondary N) is 2. The van der Waals surface area contributed by atoms with Crippen molar-refractivity contribution in [1.29, 1.82) is 0 Å². The molecular formula is C22H28N4O5S. The highest BCUT2D eigenvalue weighted by Crippen LogP contribution is 2.38. The lowest BCUT2D eigenvalue weighted by molar-refractivity contribution is -0.0444.